The summed E-state index contributed by atoms with van der Waals surface area (Å²) in [6.07, 6.45) is 1.23. The molecule has 0 saturated carbocycles. The van der Waals surface area contributed by atoms with Gasteiger partial charge in [0.2, 0.25) is 0 Å². The van der Waals surface area contributed by atoms with Crippen molar-refractivity contribution in [3.8, 4) is 11.3 Å². The summed E-state index contributed by atoms with van der Waals surface area (Å²) in [7, 11) is 0. The van der Waals surface area contributed by atoms with Crippen LogP contribution < -0.4 is 10.6 Å². The summed E-state index contributed by atoms with van der Waals surface area (Å²) in [5.74, 6) is 1.54. The van der Waals surface area contributed by atoms with Gasteiger partial charge in [0.1, 0.15) is 5.82 Å². The number of anilines is 1. The highest BCUT2D eigenvalue weighted by atomic mass is 79.9. The Morgan fingerprint density at radius 3 is 2.65 bits per heavy atom. The number of hydrogen-bond donors (Lipinski definition) is 2. The number of rotatable bonds is 4. The van der Waals surface area contributed by atoms with E-state index in [1.807, 2.05) is 36.4 Å². The van der Waals surface area contributed by atoms with Gasteiger partial charge in [-0.05, 0) is 49.7 Å². The van der Waals surface area contributed by atoms with Crippen LogP contribution in [-0.4, -0.2) is 29.8 Å². The van der Waals surface area contributed by atoms with Crippen LogP contribution in [-0.2, 0) is 0 Å². The lowest BCUT2D eigenvalue weighted by Gasteiger charge is -2.10. The van der Waals surface area contributed by atoms with Crippen LogP contribution in [0, 0.1) is 5.92 Å². The molecule has 1 unspecified atom stereocenters. The highest BCUT2D eigenvalue weighted by molar-refractivity contribution is 9.10. The van der Waals surface area contributed by atoms with Gasteiger partial charge in [-0.2, -0.15) is 0 Å². The fourth-order valence-corrected chi connectivity index (χ4v) is 2.60. The summed E-state index contributed by atoms with van der Waals surface area (Å²) in [4.78, 5) is 0. The number of hydrogen-bond acceptors (Lipinski definition) is 4. The van der Waals surface area contributed by atoms with Crippen molar-refractivity contribution in [1.29, 1.82) is 0 Å². The van der Waals surface area contributed by atoms with Gasteiger partial charge in [-0.25, -0.2) is 0 Å². The summed E-state index contributed by atoms with van der Waals surface area (Å²) < 4.78 is 1.07. The molecule has 2 aromatic rings. The first-order valence-electron chi connectivity index (χ1n) is 6.85. The molecule has 0 bridgehead atoms. The number of nitrogens with zero attached hydrogens (tertiary/aromatic N) is 2. The maximum atomic E-state index is 4.28. The van der Waals surface area contributed by atoms with Crippen LogP contribution in [0.4, 0.5) is 5.82 Å². The van der Waals surface area contributed by atoms with E-state index < -0.39 is 0 Å². The van der Waals surface area contributed by atoms with Crippen LogP contribution >= 0.6 is 15.9 Å². The third-order valence-corrected chi connectivity index (χ3v) is 4.07. The fraction of sp³-hybridized carbons (Fsp3) is 0.333. The van der Waals surface area contributed by atoms with Crippen LogP contribution in [0.2, 0.25) is 0 Å². The molecule has 4 nitrogen and oxygen atoms in total. The van der Waals surface area contributed by atoms with Crippen molar-refractivity contribution in [3.63, 3.8) is 0 Å². The Kier molecular flexibility index (Phi) is 4.28. The van der Waals surface area contributed by atoms with Crippen LogP contribution in [0.15, 0.2) is 40.9 Å². The molecule has 1 aromatic heterocycles. The van der Waals surface area contributed by atoms with Crippen molar-refractivity contribution in [1.82, 2.24) is 15.5 Å². The molecule has 104 valence electrons. The van der Waals surface area contributed by atoms with Gasteiger partial charge in [-0.3, -0.25) is 0 Å². The minimum atomic E-state index is 0.697. The van der Waals surface area contributed by atoms with E-state index in [0.717, 1.165) is 41.2 Å². The molecular formula is C15H17BrN4. The Bertz CT molecular complexity index is 547. The lowest BCUT2D eigenvalue weighted by atomic mass is 10.1. The molecule has 5 heteroatoms. The monoisotopic (exact) mass is 332 g/mol. The molecule has 2 heterocycles. The summed E-state index contributed by atoms with van der Waals surface area (Å²) in [5.41, 5.74) is 1.97. The second kappa shape index (κ2) is 6.33. The molecule has 0 aliphatic carbocycles. The zero-order chi connectivity index (χ0) is 13.8. The minimum absolute atomic E-state index is 0.697. The third-order valence-electron chi connectivity index (χ3n) is 3.54. The van der Waals surface area contributed by atoms with Gasteiger partial charge in [-0.15, -0.1) is 10.2 Å². The zero-order valence-electron chi connectivity index (χ0n) is 11.1. The first-order chi connectivity index (χ1) is 9.81. The van der Waals surface area contributed by atoms with E-state index >= 15 is 0 Å². The van der Waals surface area contributed by atoms with Crippen molar-refractivity contribution in [3.05, 3.63) is 40.9 Å². The standard InChI is InChI=1S/C15H17BrN4/c16-13-3-1-12(2-4-13)14-5-6-15(20-19-14)18-10-11-7-8-17-9-11/h1-6,11,17H,7-10H2,(H,18,20). The largest absolute Gasteiger partial charge is 0.368 e. The molecular weight excluding hydrogens is 316 g/mol. The number of halogens is 1. The van der Waals surface area contributed by atoms with E-state index in [4.69, 9.17) is 0 Å². The Hall–Kier alpha value is -1.46. The Balaban J connectivity index is 1.63. The molecule has 1 fully saturated rings. The van der Waals surface area contributed by atoms with Crippen LogP contribution in [0.5, 0.6) is 0 Å². The van der Waals surface area contributed by atoms with E-state index in [1.165, 1.54) is 6.42 Å². The lowest BCUT2D eigenvalue weighted by Crippen LogP contribution is -2.17. The molecule has 1 aromatic carbocycles. The van der Waals surface area contributed by atoms with Gasteiger partial charge >= 0.3 is 0 Å². The highest BCUT2D eigenvalue weighted by Gasteiger charge is 2.13. The Morgan fingerprint density at radius 1 is 1.15 bits per heavy atom. The number of benzene rings is 1. The van der Waals surface area contributed by atoms with E-state index in [9.17, 15) is 0 Å². The first kappa shape index (κ1) is 13.5. The lowest BCUT2D eigenvalue weighted by molar-refractivity contribution is 0.613. The molecule has 1 aliphatic heterocycles. The Morgan fingerprint density at radius 2 is 2.00 bits per heavy atom. The third kappa shape index (κ3) is 3.35. The molecule has 0 amide bonds. The second-order valence-electron chi connectivity index (χ2n) is 5.05. The van der Waals surface area contributed by atoms with E-state index in [2.05, 4.69) is 36.8 Å². The maximum absolute atomic E-state index is 4.28. The quantitative estimate of drug-likeness (QED) is 0.903. The van der Waals surface area contributed by atoms with Crippen molar-refractivity contribution in [2.24, 2.45) is 5.92 Å². The highest BCUT2D eigenvalue weighted by Crippen LogP contribution is 2.20. The van der Waals surface area contributed by atoms with E-state index in [-0.39, 0.29) is 0 Å². The summed E-state index contributed by atoms with van der Waals surface area (Å²) in [6, 6.07) is 12.1. The molecule has 0 spiro atoms. The summed E-state index contributed by atoms with van der Waals surface area (Å²) in [5, 5.41) is 15.2. The first-order valence-corrected chi connectivity index (χ1v) is 7.65. The number of nitrogens with one attached hydrogen (secondary N) is 2. The van der Waals surface area contributed by atoms with E-state index in [0.29, 0.717) is 5.92 Å². The molecule has 3 rings (SSSR count). The van der Waals surface area contributed by atoms with Crippen molar-refractivity contribution >= 4 is 21.7 Å². The molecule has 2 N–H and O–H groups in total. The molecule has 20 heavy (non-hydrogen) atoms. The zero-order valence-corrected chi connectivity index (χ0v) is 12.7. The van der Waals surface area contributed by atoms with Gasteiger partial charge < -0.3 is 10.6 Å². The molecule has 0 radical (unpaired) electrons. The topological polar surface area (TPSA) is 49.8 Å². The predicted octanol–water partition coefficient (Wildman–Crippen LogP) is 2.93. The smallest absolute Gasteiger partial charge is 0.148 e. The average molecular weight is 333 g/mol. The van der Waals surface area contributed by atoms with Crippen LogP contribution in [0.25, 0.3) is 11.3 Å². The normalized spacial score (nSPS) is 18.1. The van der Waals surface area contributed by atoms with Crippen LogP contribution in [0.3, 0.4) is 0 Å². The Labute approximate surface area is 127 Å². The minimum Gasteiger partial charge on any atom is -0.368 e. The maximum Gasteiger partial charge on any atom is 0.148 e. The summed E-state index contributed by atoms with van der Waals surface area (Å²) in [6.45, 7) is 3.18. The summed E-state index contributed by atoms with van der Waals surface area (Å²) >= 11 is 3.43. The van der Waals surface area contributed by atoms with Crippen LogP contribution in [0.1, 0.15) is 6.42 Å². The molecule has 1 saturated heterocycles. The second-order valence-corrected chi connectivity index (χ2v) is 5.97. The van der Waals surface area contributed by atoms with Gasteiger partial charge in [0.15, 0.2) is 0 Å². The van der Waals surface area contributed by atoms with Crippen molar-refractivity contribution < 1.29 is 0 Å². The fourth-order valence-electron chi connectivity index (χ4n) is 2.34. The van der Waals surface area contributed by atoms with Gasteiger partial charge in [0.05, 0.1) is 5.69 Å². The average Bonchev–Trinajstić information content (AvgIpc) is 3.00. The van der Waals surface area contributed by atoms with Gasteiger partial charge in [0, 0.05) is 16.6 Å². The van der Waals surface area contributed by atoms with Gasteiger partial charge in [-0.1, -0.05) is 28.1 Å². The molecule has 1 atom stereocenters. The van der Waals surface area contributed by atoms with E-state index in [1.54, 1.807) is 0 Å². The van der Waals surface area contributed by atoms with Gasteiger partial charge in [0.25, 0.3) is 0 Å². The molecule has 1 aliphatic rings. The SMILES string of the molecule is Brc1ccc(-c2ccc(NCC3CCNC3)nn2)cc1. The predicted molar refractivity (Wildman–Crippen MR) is 84.6 cm³/mol. The van der Waals surface area contributed by atoms with Crippen molar-refractivity contribution in [2.45, 2.75) is 6.42 Å². The number of aromatic nitrogens is 2. The van der Waals surface area contributed by atoms with Crippen molar-refractivity contribution in [2.75, 3.05) is 25.0 Å².